The first-order chi connectivity index (χ1) is 11.6. The van der Waals surface area contributed by atoms with Crippen molar-refractivity contribution in [2.24, 2.45) is 29.1 Å². The number of hydrogen-bond acceptors (Lipinski definition) is 2. The van der Waals surface area contributed by atoms with Gasteiger partial charge < -0.3 is 5.11 Å². The molecule has 4 rings (SSSR count). The number of halogens is 4. The molecule has 140 valence electrons. The number of ketones is 1. The molecule has 0 bridgehead atoms. The van der Waals surface area contributed by atoms with E-state index in [4.69, 9.17) is 11.6 Å². The summed E-state index contributed by atoms with van der Waals surface area (Å²) in [5.74, 6) is 0.657. The summed E-state index contributed by atoms with van der Waals surface area (Å²) in [5.41, 5.74) is -2.61. The Hall–Kier alpha value is -0.550. The highest BCUT2D eigenvalue weighted by atomic mass is 35.5. The van der Waals surface area contributed by atoms with Crippen LogP contribution >= 0.6 is 11.6 Å². The van der Waals surface area contributed by atoms with Crippen LogP contribution in [0.4, 0.5) is 13.2 Å². The molecular weight excluding hydrogens is 353 g/mol. The molecule has 0 aromatic rings. The molecule has 6 atom stereocenters. The van der Waals surface area contributed by atoms with Crippen molar-refractivity contribution < 1.29 is 23.1 Å². The van der Waals surface area contributed by atoms with Crippen molar-refractivity contribution >= 4 is 17.4 Å². The van der Waals surface area contributed by atoms with Gasteiger partial charge in [0.2, 0.25) is 0 Å². The van der Waals surface area contributed by atoms with E-state index in [-0.39, 0.29) is 30.0 Å². The van der Waals surface area contributed by atoms with Gasteiger partial charge in [-0.1, -0.05) is 18.5 Å². The molecule has 0 aliphatic heterocycles. The van der Waals surface area contributed by atoms with Crippen LogP contribution in [0.25, 0.3) is 0 Å². The molecule has 0 spiro atoms. The highest BCUT2D eigenvalue weighted by molar-refractivity contribution is 6.43. The van der Waals surface area contributed by atoms with Gasteiger partial charge in [0.15, 0.2) is 11.4 Å². The fourth-order valence-electron chi connectivity index (χ4n) is 6.72. The van der Waals surface area contributed by atoms with E-state index in [9.17, 15) is 23.1 Å². The molecule has 0 amide bonds. The summed E-state index contributed by atoms with van der Waals surface area (Å²) in [6.45, 7) is 1.65. The van der Waals surface area contributed by atoms with Crippen molar-refractivity contribution in [3.63, 3.8) is 0 Å². The van der Waals surface area contributed by atoms with Gasteiger partial charge in [-0.05, 0) is 74.2 Å². The quantitative estimate of drug-likeness (QED) is 0.646. The highest BCUT2D eigenvalue weighted by Gasteiger charge is 2.71. The third-order valence-corrected chi connectivity index (χ3v) is 8.49. The second-order valence-corrected chi connectivity index (χ2v) is 9.11. The minimum absolute atomic E-state index is 0.0133. The van der Waals surface area contributed by atoms with Crippen molar-refractivity contribution in [3.8, 4) is 0 Å². The first-order valence-corrected chi connectivity index (χ1v) is 9.69. The lowest BCUT2D eigenvalue weighted by molar-refractivity contribution is -0.302. The largest absolute Gasteiger partial charge is 0.417 e. The number of carbonyl (C=O) groups is 1. The summed E-state index contributed by atoms with van der Waals surface area (Å²) in [6, 6.07) is 0. The van der Waals surface area contributed by atoms with Crippen LogP contribution < -0.4 is 0 Å². The van der Waals surface area contributed by atoms with Gasteiger partial charge in [0.05, 0.1) is 5.03 Å². The van der Waals surface area contributed by atoms with Gasteiger partial charge in [-0.3, -0.25) is 4.79 Å². The monoisotopic (exact) mass is 376 g/mol. The lowest BCUT2D eigenvalue weighted by atomic mass is 9.50. The van der Waals surface area contributed by atoms with Crippen LogP contribution in [-0.4, -0.2) is 22.7 Å². The fourth-order valence-corrected chi connectivity index (χ4v) is 7.04. The van der Waals surface area contributed by atoms with Crippen molar-refractivity contribution in [1.82, 2.24) is 0 Å². The molecular formula is C19H24ClF3O2. The molecule has 0 heterocycles. The average molecular weight is 377 g/mol. The van der Waals surface area contributed by atoms with Gasteiger partial charge in [0, 0.05) is 11.8 Å². The Morgan fingerprint density at radius 3 is 2.48 bits per heavy atom. The maximum absolute atomic E-state index is 13.6. The van der Waals surface area contributed by atoms with Gasteiger partial charge in [-0.2, -0.15) is 13.2 Å². The maximum Gasteiger partial charge on any atom is 0.417 e. The minimum atomic E-state index is -4.58. The van der Waals surface area contributed by atoms with Crippen molar-refractivity contribution in [2.45, 2.75) is 70.1 Å². The highest BCUT2D eigenvalue weighted by Crippen LogP contribution is 2.67. The lowest BCUT2D eigenvalue weighted by Crippen LogP contribution is -2.59. The standard InChI is InChI=1S/C19H24ClF3O2/c1-17-8-6-11-10-4-5-15(24)16(20)13(10)3-2-12(11)14(17)7-9-18(17,25)19(21,22)23/h10-12,14,25H,2-9H2,1H3/t10-,11-,12-,14+,17+,18+/m1/s1. The summed E-state index contributed by atoms with van der Waals surface area (Å²) in [5, 5.41) is 11.0. The SMILES string of the molecule is C[C@]12CC[C@H]3[C@@H](CCC4=C(Cl)C(=O)CC[C@@H]43)[C@@H]1CC[C@@]2(O)C(F)(F)F. The molecule has 0 saturated heterocycles. The lowest BCUT2D eigenvalue weighted by Gasteiger charge is -2.55. The molecule has 0 unspecified atom stereocenters. The van der Waals surface area contributed by atoms with Crippen LogP contribution in [0.15, 0.2) is 10.6 Å². The molecule has 4 aliphatic rings. The normalized spacial score (nSPS) is 47.4. The van der Waals surface area contributed by atoms with Crippen LogP contribution in [0.5, 0.6) is 0 Å². The van der Waals surface area contributed by atoms with E-state index in [1.54, 1.807) is 6.92 Å². The van der Waals surface area contributed by atoms with Crippen LogP contribution in [-0.2, 0) is 4.79 Å². The summed E-state index contributed by atoms with van der Waals surface area (Å²) in [4.78, 5) is 11.9. The molecule has 4 aliphatic carbocycles. The second kappa shape index (κ2) is 5.48. The number of aliphatic hydroxyl groups is 1. The Balaban J connectivity index is 1.67. The molecule has 6 heteroatoms. The van der Waals surface area contributed by atoms with Crippen LogP contribution in [0.1, 0.15) is 58.3 Å². The number of alkyl halides is 3. The number of fused-ring (bicyclic) bond motifs is 5. The Morgan fingerprint density at radius 2 is 1.80 bits per heavy atom. The zero-order valence-electron chi connectivity index (χ0n) is 14.3. The van der Waals surface area contributed by atoms with Crippen molar-refractivity contribution in [2.75, 3.05) is 0 Å². The van der Waals surface area contributed by atoms with E-state index < -0.39 is 17.2 Å². The van der Waals surface area contributed by atoms with Crippen molar-refractivity contribution in [1.29, 1.82) is 0 Å². The van der Waals surface area contributed by atoms with Gasteiger partial charge in [-0.15, -0.1) is 0 Å². The Morgan fingerprint density at radius 1 is 1.08 bits per heavy atom. The number of hydrogen-bond donors (Lipinski definition) is 1. The Bertz CT molecular complexity index is 643. The number of carbonyl (C=O) groups excluding carboxylic acids is 1. The molecule has 3 saturated carbocycles. The van der Waals surface area contributed by atoms with Crippen LogP contribution in [0, 0.1) is 29.1 Å². The van der Waals surface area contributed by atoms with Gasteiger partial charge in [0.1, 0.15) is 0 Å². The second-order valence-electron chi connectivity index (χ2n) is 8.73. The van der Waals surface area contributed by atoms with Crippen LogP contribution in [0.2, 0.25) is 0 Å². The number of allylic oxidation sites excluding steroid dienone is 1. The third-order valence-electron chi connectivity index (χ3n) is 8.03. The molecule has 2 nitrogen and oxygen atoms in total. The third kappa shape index (κ3) is 2.24. The maximum atomic E-state index is 13.6. The van der Waals surface area contributed by atoms with Gasteiger partial charge in [0.25, 0.3) is 0 Å². The predicted octanol–water partition coefficient (Wildman–Crippen LogP) is 4.99. The Labute approximate surface area is 150 Å². The molecule has 3 fully saturated rings. The van der Waals surface area contributed by atoms with E-state index in [2.05, 4.69) is 0 Å². The molecule has 0 aromatic heterocycles. The van der Waals surface area contributed by atoms with E-state index in [1.807, 2.05) is 0 Å². The summed E-state index contributed by atoms with van der Waals surface area (Å²) in [7, 11) is 0. The fraction of sp³-hybridized carbons (Fsp3) is 0.842. The first-order valence-electron chi connectivity index (χ1n) is 9.31. The number of Topliss-reactive ketones (excluding diaryl/α,β-unsaturated/α-hetero) is 1. The molecule has 0 aromatic carbocycles. The summed E-state index contributed by atoms with van der Waals surface area (Å²) < 4.78 is 40.9. The first kappa shape index (κ1) is 17.8. The van der Waals surface area contributed by atoms with Crippen LogP contribution in [0.3, 0.4) is 0 Å². The topological polar surface area (TPSA) is 37.3 Å². The molecule has 0 radical (unpaired) electrons. The van der Waals surface area contributed by atoms with E-state index in [0.29, 0.717) is 43.1 Å². The van der Waals surface area contributed by atoms with Gasteiger partial charge in [-0.25, -0.2) is 0 Å². The zero-order chi connectivity index (χ0) is 18.2. The average Bonchev–Trinajstić information content (AvgIpc) is 2.83. The van der Waals surface area contributed by atoms with E-state index in [1.165, 1.54) is 0 Å². The molecule has 1 N–H and O–H groups in total. The minimum Gasteiger partial charge on any atom is -0.380 e. The van der Waals surface area contributed by atoms with Crippen molar-refractivity contribution in [3.05, 3.63) is 10.6 Å². The van der Waals surface area contributed by atoms with E-state index in [0.717, 1.165) is 18.4 Å². The smallest absolute Gasteiger partial charge is 0.380 e. The summed E-state index contributed by atoms with van der Waals surface area (Å²) in [6.07, 6.45) is -0.527. The van der Waals surface area contributed by atoms with Gasteiger partial charge >= 0.3 is 6.18 Å². The predicted molar refractivity (Wildman–Crippen MR) is 87.9 cm³/mol. The zero-order valence-corrected chi connectivity index (χ0v) is 15.1. The summed E-state index contributed by atoms with van der Waals surface area (Å²) >= 11 is 6.26. The van der Waals surface area contributed by atoms with E-state index >= 15 is 0 Å². The molecule has 25 heavy (non-hydrogen) atoms. The Kier molecular flexibility index (Phi) is 3.91. The number of rotatable bonds is 0.